The van der Waals surface area contributed by atoms with E-state index in [2.05, 4.69) is 15.4 Å². The third-order valence-corrected chi connectivity index (χ3v) is 3.87. The molecule has 1 fully saturated rings. The summed E-state index contributed by atoms with van der Waals surface area (Å²) < 4.78 is 6.60. The van der Waals surface area contributed by atoms with Crippen LogP contribution < -0.4 is 10.9 Å². The lowest BCUT2D eigenvalue weighted by Crippen LogP contribution is -2.36. The van der Waals surface area contributed by atoms with E-state index >= 15 is 0 Å². The van der Waals surface area contributed by atoms with Crippen molar-refractivity contribution in [2.24, 2.45) is 7.05 Å². The topological polar surface area (TPSA) is 89.0 Å². The third kappa shape index (κ3) is 2.64. The number of nitrogens with zero attached hydrogens (tertiary/aromatic N) is 2. The number of aromatic nitrogens is 3. The number of fused-ring (bicyclic) bond motifs is 1. The standard InChI is InChI=1S/C15H20N4O3/c1-8(7-22-3)16-14(20)10-6-11(9-4-5-9)17-13-12(10)15(21)18-19(13)2/h6,8-9H,4-5,7H2,1-3H3,(H,16,20)(H,18,21)/t8-/m1/s1. The van der Waals surface area contributed by atoms with Crippen LogP contribution in [0.3, 0.4) is 0 Å². The van der Waals surface area contributed by atoms with Crippen LogP contribution in [0.2, 0.25) is 0 Å². The smallest absolute Gasteiger partial charge is 0.274 e. The van der Waals surface area contributed by atoms with Crippen LogP contribution in [0, 0.1) is 0 Å². The van der Waals surface area contributed by atoms with Gasteiger partial charge in [-0.15, -0.1) is 0 Å². The molecule has 22 heavy (non-hydrogen) atoms. The molecule has 1 atom stereocenters. The third-order valence-electron chi connectivity index (χ3n) is 3.87. The van der Waals surface area contributed by atoms with E-state index < -0.39 is 0 Å². The largest absolute Gasteiger partial charge is 0.383 e. The maximum Gasteiger partial charge on any atom is 0.274 e. The molecule has 1 aliphatic rings. The zero-order valence-corrected chi connectivity index (χ0v) is 13.0. The van der Waals surface area contributed by atoms with Gasteiger partial charge >= 0.3 is 0 Å². The van der Waals surface area contributed by atoms with E-state index in [4.69, 9.17) is 4.74 Å². The molecule has 0 spiro atoms. The van der Waals surface area contributed by atoms with Crippen LogP contribution in [0.4, 0.5) is 0 Å². The fourth-order valence-corrected chi connectivity index (χ4v) is 2.64. The second-order valence-corrected chi connectivity index (χ2v) is 5.90. The van der Waals surface area contributed by atoms with Gasteiger partial charge in [-0.3, -0.25) is 19.4 Å². The van der Waals surface area contributed by atoms with Crippen molar-refractivity contribution in [1.29, 1.82) is 0 Å². The highest BCUT2D eigenvalue weighted by molar-refractivity contribution is 6.05. The Morgan fingerprint density at radius 1 is 1.59 bits per heavy atom. The molecule has 7 heteroatoms. The highest BCUT2D eigenvalue weighted by atomic mass is 16.5. The molecular formula is C15H20N4O3. The average Bonchev–Trinajstić information content (AvgIpc) is 3.26. The number of amides is 1. The zero-order valence-electron chi connectivity index (χ0n) is 13.0. The van der Waals surface area contributed by atoms with Gasteiger partial charge in [0.25, 0.3) is 11.5 Å². The lowest BCUT2D eigenvalue weighted by atomic mass is 10.1. The quantitative estimate of drug-likeness (QED) is 0.859. The number of aromatic amines is 1. The number of rotatable bonds is 5. The Hall–Kier alpha value is -2.15. The molecule has 0 aliphatic heterocycles. The molecule has 2 aromatic heterocycles. The van der Waals surface area contributed by atoms with E-state index in [0.717, 1.165) is 18.5 Å². The molecule has 3 rings (SSSR count). The maximum atomic E-state index is 12.5. The fourth-order valence-electron chi connectivity index (χ4n) is 2.64. The van der Waals surface area contributed by atoms with E-state index in [-0.39, 0.29) is 17.5 Å². The lowest BCUT2D eigenvalue weighted by Gasteiger charge is -2.13. The number of ether oxygens (including phenoxy) is 1. The van der Waals surface area contributed by atoms with E-state index in [1.807, 2.05) is 6.92 Å². The highest BCUT2D eigenvalue weighted by Gasteiger charge is 2.28. The number of methoxy groups -OCH3 is 1. The number of pyridine rings is 1. The van der Waals surface area contributed by atoms with Gasteiger partial charge in [-0.05, 0) is 25.8 Å². The van der Waals surface area contributed by atoms with Gasteiger partial charge in [0.1, 0.15) is 0 Å². The average molecular weight is 304 g/mol. The van der Waals surface area contributed by atoms with Gasteiger partial charge < -0.3 is 10.1 Å². The first-order valence-electron chi connectivity index (χ1n) is 7.40. The number of carbonyl (C=O) groups is 1. The van der Waals surface area contributed by atoms with E-state index in [9.17, 15) is 9.59 Å². The van der Waals surface area contributed by atoms with Crippen molar-refractivity contribution in [3.8, 4) is 0 Å². The number of H-pyrrole nitrogens is 1. The van der Waals surface area contributed by atoms with Crippen molar-refractivity contribution in [2.45, 2.75) is 31.7 Å². The molecular weight excluding hydrogens is 284 g/mol. The zero-order chi connectivity index (χ0) is 15.9. The monoisotopic (exact) mass is 304 g/mol. The van der Waals surface area contributed by atoms with E-state index in [1.165, 1.54) is 0 Å². The molecule has 2 N–H and O–H groups in total. The van der Waals surface area contributed by atoms with Gasteiger partial charge in [0.05, 0.1) is 17.6 Å². The molecule has 1 saturated carbocycles. The van der Waals surface area contributed by atoms with Crippen molar-refractivity contribution in [1.82, 2.24) is 20.1 Å². The maximum absolute atomic E-state index is 12.5. The normalized spacial score (nSPS) is 16.0. The second kappa shape index (κ2) is 5.57. The van der Waals surface area contributed by atoms with Crippen LogP contribution in [-0.2, 0) is 11.8 Å². The first kappa shape index (κ1) is 14.8. The summed E-state index contributed by atoms with van der Waals surface area (Å²) in [6.07, 6.45) is 2.16. The number of aryl methyl sites for hydroxylation is 1. The van der Waals surface area contributed by atoms with Crippen LogP contribution in [0.15, 0.2) is 10.9 Å². The summed E-state index contributed by atoms with van der Waals surface area (Å²) in [4.78, 5) is 29.2. The molecule has 118 valence electrons. The summed E-state index contributed by atoms with van der Waals surface area (Å²) in [6, 6.07) is 1.62. The lowest BCUT2D eigenvalue weighted by molar-refractivity contribution is 0.0907. The Morgan fingerprint density at radius 2 is 2.32 bits per heavy atom. The Kier molecular flexibility index (Phi) is 3.74. The summed E-state index contributed by atoms with van der Waals surface area (Å²) in [7, 11) is 3.31. The first-order valence-corrected chi connectivity index (χ1v) is 7.40. The van der Waals surface area contributed by atoms with Crippen LogP contribution in [0.1, 0.15) is 41.7 Å². The molecule has 1 aliphatic carbocycles. The van der Waals surface area contributed by atoms with Gasteiger partial charge in [0, 0.05) is 31.8 Å². The van der Waals surface area contributed by atoms with Crippen molar-refractivity contribution in [3.05, 3.63) is 27.7 Å². The van der Waals surface area contributed by atoms with Crippen molar-refractivity contribution < 1.29 is 9.53 Å². The number of hydrogen-bond donors (Lipinski definition) is 2. The van der Waals surface area contributed by atoms with E-state index in [1.54, 1.807) is 24.9 Å². The minimum atomic E-state index is -0.295. The molecule has 7 nitrogen and oxygen atoms in total. The minimum absolute atomic E-state index is 0.132. The summed E-state index contributed by atoms with van der Waals surface area (Å²) in [5, 5.41) is 5.87. The predicted octanol–water partition coefficient (Wildman–Crippen LogP) is 0.904. The molecule has 2 heterocycles. The Morgan fingerprint density at radius 3 is 2.95 bits per heavy atom. The molecule has 0 aromatic carbocycles. The predicted molar refractivity (Wildman–Crippen MR) is 82.1 cm³/mol. The highest BCUT2D eigenvalue weighted by Crippen LogP contribution is 2.39. The SMILES string of the molecule is COC[C@@H](C)NC(=O)c1cc(C2CC2)nc2c1c(=O)[nH]n2C. The number of nitrogens with one attached hydrogen (secondary N) is 2. The van der Waals surface area contributed by atoms with Gasteiger partial charge in [-0.25, -0.2) is 4.98 Å². The van der Waals surface area contributed by atoms with Crippen LogP contribution >= 0.6 is 0 Å². The molecule has 0 radical (unpaired) electrons. The Balaban J connectivity index is 2.06. The van der Waals surface area contributed by atoms with Crippen LogP contribution in [-0.4, -0.2) is 40.4 Å². The first-order chi connectivity index (χ1) is 10.5. The Bertz CT molecular complexity index is 773. The number of carbonyl (C=O) groups excluding carboxylic acids is 1. The van der Waals surface area contributed by atoms with Gasteiger partial charge in [0.15, 0.2) is 5.65 Å². The van der Waals surface area contributed by atoms with Crippen LogP contribution in [0.25, 0.3) is 11.0 Å². The van der Waals surface area contributed by atoms with Crippen molar-refractivity contribution in [2.75, 3.05) is 13.7 Å². The Labute approximate surface area is 127 Å². The summed E-state index contributed by atoms with van der Waals surface area (Å²) in [5.74, 6) is 0.132. The molecule has 0 saturated heterocycles. The van der Waals surface area contributed by atoms with Gasteiger partial charge in [0.2, 0.25) is 0 Å². The number of hydrogen-bond acceptors (Lipinski definition) is 4. The van der Waals surface area contributed by atoms with Crippen molar-refractivity contribution in [3.63, 3.8) is 0 Å². The molecule has 2 aromatic rings. The second-order valence-electron chi connectivity index (χ2n) is 5.90. The molecule has 0 unspecified atom stereocenters. The fraction of sp³-hybridized carbons (Fsp3) is 0.533. The van der Waals surface area contributed by atoms with Gasteiger partial charge in [-0.2, -0.15) is 0 Å². The summed E-state index contributed by atoms with van der Waals surface area (Å²) in [5.41, 5.74) is 1.50. The summed E-state index contributed by atoms with van der Waals surface area (Å²) in [6.45, 7) is 2.28. The van der Waals surface area contributed by atoms with Gasteiger partial charge in [-0.1, -0.05) is 0 Å². The van der Waals surface area contributed by atoms with E-state index in [0.29, 0.717) is 29.1 Å². The minimum Gasteiger partial charge on any atom is -0.383 e. The molecule has 0 bridgehead atoms. The molecule has 1 amide bonds. The van der Waals surface area contributed by atoms with Crippen LogP contribution in [0.5, 0.6) is 0 Å². The van der Waals surface area contributed by atoms with Crippen molar-refractivity contribution >= 4 is 16.9 Å². The summed E-state index contributed by atoms with van der Waals surface area (Å²) >= 11 is 0.